The van der Waals surface area contributed by atoms with E-state index in [1.54, 1.807) is 35.4 Å². The predicted molar refractivity (Wildman–Crippen MR) is 79.1 cm³/mol. The molecule has 0 aromatic carbocycles. The smallest absolute Gasteiger partial charge is 0.257 e. The molecule has 0 N–H and O–H groups in total. The van der Waals surface area contributed by atoms with Crippen molar-refractivity contribution in [3.8, 4) is 0 Å². The second kappa shape index (κ2) is 5.90. The number of rotatable bonds is 3. The maximum absolute atomic E-state index is 12.4. The van der Waals surface area contributed by atoms with E-state index in [1.807, 2.05) is 24.4 Å². The van der Waals surface area contributed by atoms with Crippen molar-refractivity contribution in [2.24, 2.45) is 0 Å². The summed E-state index contributed by atoms with van der Waals surface area (Å²) in [6.45, 7) is 1.97. The highest BCUT2D eigenvalue weighted by molar-refractivity contribution is 7.10. The third-order valence-electron chi connectivity index (χ3n) is 2.90. The molecule has 0 radical (unpaired) electrons. The molecule has 19 heavy (non-hydrogen) atoms. The van der Waals surface area contributed by atoms with Crippen LogP contribution in [0, 0.1) is 0 Å². The van der Waals surface area contributed by atoms with Gasteiger partial charge in [0.15, 0.2) is 0 Å². The molecule has 6 heteroatoms. The van der Waals surface area contributed by atoms with E-state index >= 15 is 0 Å². The normalized spacial score (nSPS) is 12.2. The van der Waals surface area contributed by atoms with Crippen LogP contribution in [0.15, 0.2) is 29.6 Å². The van der Waals surface area contributed by atoms with Crippen molar-refractivity contribution in [1.82, 2.24) is 9.88 Å². The van der Waals surface area contributed by atoms with Crippen molar-refractivity contribution in [3.05, 3.63) is 50.4 Å². The molecule has 0 saturated heterocycles. The molecule has 0 spiro atoms. The standard InChI is InChI=1S/C13H12Cl2N2OS/c1-8(10-4-3-7-19-10)17(2)13(18)9-5-6-11(14)16-12(9)15/h3-8H,1-2H3. The highest BCUT2D eigenvalue weighted by atomic mass is 35.5. The van der Waals surface area contributed by atoms with Crippen LogP contribution in [-0.2, 0) is 0 Å². The van der Waals surface area contributed by atoms with Gasteiger partial charge in [0.05, 0.1) is 11.6 Å². The van der Waals surface area contributed by atoms with Gasteiger partial charge in [0.25, 0.3) is 5.91 Å². The summed E-state index contributed by atoms with van der Waals surface area (Å²) in [5, 5.41) is 2.39. The highest BCUT2D eigenvalue weighted by Crippen LogP contribution is 2.26. The maximum Gasteiger partial charge on any atom is 0.257 e. The average molecular weight is 315 g/mol. The molecule has 1 unspecified atom stereocenters. The van der Waals surface area contributed by atoms with Crippen LogP contribution in [0.1, 0.15) is 28.2 Å². The number of thiophene rings is 1. The molecule has 0 saturated carbocycles. The molecule has 1 amide bonds. The Morgan fingerprint density at radius 3 is 2.68 bits per heavy atom. The fourth-order valence-electron chi connectivity index (χ4n) is 1.66. The number of hydrogen-bond acceptors (Lipinski definition) is 3. The molecular weight excluding hydrogens is 303 g/mol. The summed E-state index contributed by atoms with van der Waals surface area (Å²) in [5.74, 6) is -0.171. The Kier molecular flexibility index (Phi) is 4.45. The largest absolute Gasteiger partial charge is 0.334 e. The van der Waals surface area contributed by atoms with Crippen LogP contribution in [-0.4, -0.2) is 22.8 Å². The fraction of sp³-hybridized carbons (Fsp3) is 0.231. The van der Waals surface area contributed by atoms with Crippen molar-refractivity contribution in [1.29, 1.82) is 0 Å². The monoisotopic (exact) mass is 314 g/mol. The lowest BCUT2D eigenvalue weighted by Gasteiger charge is -2.24. The van der Waals surface area contributed by atoms with Gasteiger partial charge >= 0.3 is 0 Å². The molecule has 0 aliphatic rings. The summed E-state index contributed by atoms with van der Waals surface area (Å²) in [6, 6.07) is 7.10. The zero-order valence-corrected chi connectivity index (χ0v) is 12.8. The van der Waals surface area contributed by atoms with Crippen molar-refractivity contribution in [2.75, 3.05) is 7.05 Å². The molecule has 3 nitrogen and oxygen atoms in total. The topological polar surface area (TPSA) is 33.2 Å². The minimum Gasteiger partial charge on any atom is -0.334 e. The number of nitrogens with zero attached hydrogens (tertiary/aromatic N) is 2. The minimum atomic E-state index is -0.171. The second-order valence-electron chi connectivity index (χ2n) is 4.08. The molecule has 0 aliphatic carbocycles. The van der Waals surface area contributed by atoms with Gasteiger partial charge in [-0.2, -0.15) is 0 Å². The summed E-state index contributed by atoms with van der Waals surface area (Å²) in [7, 11) is 1.75. The van der Waals surface area contributed by atoms with Crippen LogP contribution in [0.2, 0.25) is 10.3 Å². The van der Waals surface area contributed by atoms with E-state index in [-0.39, 0.29) is 22.3 Å². The summed E-state index contributed by atoms with van der Waals surface area (Å²) >= 11 is 13.3. The molecule has 2 aromatic rings. The van der Waals surface area contributed by atoms with Gasteiger partial charge in [-0.05, 0) is 30.5 Å². The van der Waals surface area contributed by atoms with Gasteiger partial charge in [0, 0.05) is 11.9 Å². The van der Waals surface area contributed by atoms with Crippen molar-refractivity contribution < 1.29 is 4.79 Å². The van der Waals surface area contributed by atoms with Gasteiger partial charge in [-0.3, -0.25) is 4.79 Å². The Balaban J connectivity index is 2.24. The minimum absolute atomic E-state index is 0.0146. The SMILES string of the molecule is CC(c1cccs1)N(C)C(=O)c1ccc(Cl)nc1Cl. The lowest BCUT2D eigenvalue weighted by atomic mass is 10.2. The van der Waals surface area contributed by atoms with Crippen molar-refractivity contribution in [3.63, 3.8) is 0 Å². The number of carbonyl (C=O) groups excluding carboxylic acids is 1. The predicted octanol–water partition coefficient (Wildman–Crippen LogP) is 4.28. The summed E-state index contributed by atoms with van der Waals surface area (Å²) in [5.41, 5.74) is 0.358. The lowest BCUT2D eigenvalue weighted by molar-refractivity contribution is 0.0744. The molecule has 1 atom stereocenters. The van der Waals surface area contributed by atoms with E-state index in [4.69, 9.17) is 23.2 Å². The van der Waals surface area contributed by atoms with Crippen molar-refractivity contribution >= 4 is 40.4 Å². The third-order valence-corrected chi connectivity index (χ3v) is 4.44. The maximum atomic E-state index is 12.4. The van der Waals surface area contributed by atoms with E-state index in [9.17, 15) is 4.79 Å². The van der Waals surface area contributed by atoms with Gasteiger partial charge in [0.1, 0.15) is 10.3 Å². The summed E-state index contributed by atoms with van der Waals surface area (Å²) in [6.07, 6.45) is 0. The van der Waals surface area contributed by atoms with Crippen LogP contribution >= 0.6 is 34.5 Å². The zero-order valence-electron chi connectivity index (χ0n) is 10.4. The molecule has 100 valence electrons. The van der Waals surface area contributed by atoms with Gasteiger partial charge < -0.3 is 4.90 Å². The number of aromatic nitrogens is 1. The van der Waals surface area contributed by atoms with Gasteiger partial charge in [-0.25, -0.2) is 4.98 Å². The molecule has 2 heterocycles. The summed E-state index contributed by atoms with van der Waals surface area (Å²) < 4.78 is 0. The Morgan fingerprint density at radius 2 is 2.11 bits per heavy atom. The molecule has 0 bridgehead atoms. The third kappa shape index (κ3) is 3.08. The highest BCUT2D eigenvalue weighted by Gasteiger charge is 2.22. The first-order valence-electron chi connectivity index (χ1n) is 5.63. The number of halogens is 2. The molecule has 0 aliphatic heterocycles. The summed E-state index contributed by atoms with van der Waals surface area (Å²) in [4.78, 5) is 19.0. The van der Waals surface area contributed by atoms with Crippen LogP contribution in [0.5, 0.6) is 0 Å². The van der Waals surface area contributed by atoms with E-state index < -0.39 is 0 Å². The first-order valence-corrected chi connectivity index (χ1v) is 7.27. The van der Waals surface area contributed by atoms with Crippen LogP contribution < -0.4 is 0 Å². The Labute approximate surface area is 125 Å². The fourth-order valence-corrected chi connectivity index (χ4v) is 2.91. The first-order chi connectivity index (χ1) is 9.00. The lowest BCUT2D eigenvalue weighted by Crippen LogP contribution is -2.29. The van der Waals surface area contributed by atoms with Crippen LogP contribution in [0.4, 0.5) is 0 Å². The second-order valence-corrected chi connectivity index (χ2v) is 5.80. The van der Waals surface area contributed by atoms with E-state index in [1.165, 1.54) is 0 Å². The molecule has 2 aromatic heterocycles. The van der Waals surface area contributed by atoms with Gasteiger partial charge in [-0.15, -0.1) is 11.3 Å². The number of hydrogen-bond donors (Lipinski definition) is 0. The van der Waals surface area contributed by atoms with Crippen LogP contribution in [0.3, 0.4) is 0 Å². The zero-order chi connectivity index (χ0) is 14.0. The Morgan fingerprint density at radius 1 is 1.37 bits per heavy atom. The van der Waals surface area contributed by atoms with Gasteiger partial charge in [0.2, 0.25) is 0 Å². The first kappa shape index (κ1) is 14.3. The molecule has 2 rings (SSSR count). The van der Waals surface area contributed by atoms with Crippen LogP contribution in [0.25, 0.3) is 0 Å². The van der Waals surface area contributed by atoms with Gasteiger partial charge in [-0.1, -0.05) is 29.3 Å². The molecule has 0 fully saturated rings. The number of carbonyl (C=O) groups is 1. The number of amides is 1. The number of pyridine rings is 1. The van der Waals surface area contributed by atoms with E-state index in [0.717, 1.165) is 4.88 Å². The Bertz CT molecular complexity index is 586. The van der Waals surface area contributed by atoms with Crippen molar-refractivity contribution in [2.45, 2.75) is 13.0 Å². The van der Waals surface area contributed by atoms with E-state index in [2.05, 4.69) is 4.98 Å². The van der Waals surface area contributed by atoms with E-state index in [0.29, 0.717) is 5.56 Å². The average Bonchev–Trinajstić information content (AvgIpc) is 2.90. The quantitative estimate of drug-likeness (QED) is 0.792. The molecular formula is C13H12Cl2N2OS. The Hall–Kier alpha value is -1.10.